The number of ether oxygens (including phenoxy) is 2. The van der Waals surface area contributed by atoms with Crippen molar-refractivity contribution >= 4 is 11.8 Å². The van der Waals surface area contributed by atoms with Gasteiger partial charge >= 0.3 is 6.09 Å². The zero-order chi connectivity index (χ0) is 15.9. The number of hydrogen-bond donors (Lipinski definition) is 1. The van der Waals surface area contributed by atoms with Crippen LogP contribution in [0.4, 0.5) is 10.5 Å². The number of hydrogen-bond acceptors (Lipinski definition) is 4. The molecule has 3 rings (SSSR count). The van der Waals surface area contributed by atoms with Gasteiger partial charge in [-0.15, -0.1) is 0 Å². The lowest BCUT2D eigenvalue weighted by molar-refractivity contribution is 0.00790. The molecule has 0 radical (unpaired) electrons. The third kappa shape index (κ3) is 2.85. The van der Waals surface area contributed by atoms with Crippen LogP contribution in [0.5, 0.6) is 5.75 Å². The smallest absolute Gasteiger partial charge is 0.410 e. The number of fused-ring (bicyclic) bond motifs is 3. The molecule has 2 heterocycles. The fourth-order valence-electron chi connectivity index (χ4n) is 3.15. The highest BCUT2D eigenvalue weighted by Gasteiger charge is 2.40. The van der Waals surface area contributed by atoms with E-state index in [1.807, 2.05) is 33.9 Å². The van der Waals surface area contributed by atoms with E-state index in [0.29, 0.717) is 19.0 Å². The predicted molar refractivity (Wildman–Crippen MR) is 85.6 cm³/mol. The number of nitrogens with zero attached hydrogens (tertiary/aromatic N) is 1. The number of piperidine rings is 1. The minimum atomic E-state index is -0.463. The van der Waals surface area contributed by atoms with Crippen molar-refractivity contribution in [2.75, 3.05) is 25.5 Å². The lowest BCUT2D eigenvalue weighted by Gasteiger charge is -2.35. The molecule has 0 bridgehead atoms. The summed E-state index contributed by atoms with van der Waals surface area (Å²) < 4.78 is 11.5. The molecule has 2 aliphatic rings. The molecule has 22 heavy (non-hydrogen) atoms. The molecule has 1 fully saturated rings. The summed E-state index contributed by atoms with van der Waals surface area (Å²) >= 11 is 0. The summed E-state index contributed by atoms with van der Waals surface area (Å²) in [6.45, 7) is 6.96. The van der Waals surface area contributed by atoms with E-state index in [1.54, 1.807) is 4.90 Å². The molecule has 2 atom stereocenters. The van der Waals surface area contributed by atoms with Crippen molar-refractivity contribution in [1.82, 2.24) is 4.90 Å². The van der Waals surface area contributed by atoms with Crippen LogP contribution in [0.15, 0.2) is 18.2 Å². The second-order valence-corrected chi connectivity index (χ2v) is 6.98. The lowest BCUT2D eigenvalue weighted by atomic mass is 9.89. The molecule has 120 valence electrons. The highest BCUT2D eigenvalue weighted by Crippen LogP contribution is 2.43. The van der Waals surface area contributed by atoms with Crippen molar-refractivity contribution in [1.29, 1.82) is 0 Å². The summed E-state index contributed by atoms with van der Waals surface area (Å²) in [6.07, 6.45) is 0.695. The number of rotatable bonds is 1. The highest BCUT2D eigenvalue weighted by molar-refractivity contribution is 5.68. The number of likely N-dealkylation sites (tertiary alicyclic amines) is 1. The van der Waals surface area contributed by atoms with Crippen LogP contribution in [-0.4, -0.2) is 42.8 Å². The second kappa shape index (κ2) is 5.38. The molecule has 1 amide bonds. The van der Waals surface area contributed by atoms with Gasteiger partial charge in [-0.25, -0.2) is 4.79 Å². The van der Waals surface area contributed by atoms with Gasteiger partial charge < -0.3 is 19.7 Å². The molecule has 0 saturated carbocycles. The van der Waals surface area contributed by atoms with Crippen molar-refractivity contribution in [2.24, 2.45) is 0 Å². The van der Waals surface area contributed by atoms with Gasteiger partial charge in [-0.3, -0.25) is 0 Å². The van der Waals surface area contributed by atoms with Crippen LogP contribution in [0.25, 0.3) is 0 Å². The van der Waals surface area contributed by atoms with Gasteiger partial charge in [0.25, 0.3) is 0 Å². The van der Waals surface area contributed by atoms with Crippen LogP contribution in [0, 0.1) is 0 Å². The van der Waals surface area contributed by atoms with Crippen molar-refractivity contribution in [3.63, 3.8) is 0 Å². The van der Waals surface area contributed by atoms with E-state index in [9.17, 15) is 4.79 Å². The van der Waals surface area contributed by atoms with Gasteiger partial charge in [0.2, 0.25) is 0 Å². The Balaban J connectivity index is 1.70. The molecule has 5 heteroatoms. The Kier molecular flexibility index (Phi) is 3.67. The average molecular weight is 304 g/mol. The van der Waals surface area contributed by atoms with Gasteiger partial charge in [0.05, 0.1) is 6.54 Å². The van der Waals surface area contributed by atoms with Crippen LogP contribution in [0.2, 0.25) is 0 Å². The zero-order valence-electron chi connectivity index (χ0n) is 13.7. The topological polar surface area (TPSA) is 50.8 Å². The normalized spacial score (nSPS) is 23.4. The largest absolute Gasteiger partial charge is 0.488 e. The summed E-state index contributed by atoms with van der Waals surface area (Å²) in [4.78, 5) is 14.0. The number of nitrogens with one attached hydrogen (secondary N) is 1. The number of benzene rings is 1. The maximum atomic E-state index is 12.2. The van der Waals surface area contributed by atoms with Crippen LogP contribution in [0.3, 0.4) is 0 Å². The summed E-state index contributed by atoms with van der Waals surface area (Å²) in [5, 5.41) is 3.13. The van der Waals surface area contributed by atoms with Gasteiger partial charge in [0, 0.05) is 36.8 Å². The van der Waals surface area contributed by atoms with Crippen molar-refractivity contribution in [3.8, 4) is 5.75 Å². The molecular weight excluding hydrogens is 280 g/mol. The quantitative estimate of drug-likeness (QED) is 0.865. The SMILES string of the molecule is CNc1ccc2c(c1)OC1CN(C(=O)OC(C)(C)C)CCC21. The molecule has 0 spiro atoms. The molecule has 1 N–H and O–H groups in total. The summed E-state index contributed by atoms with van der Waals surface area (Å²) in [7, 11) is 1.90. The van der Waals surface area contributed by atoms with E-state index in [0.717, 1.165) is 17.9 Å². The molecule has 2 aliphatic heterocycles. The molecule has 5 nitrogen and oxygen atoms in total. The Hall–Kier alpha value is -1.91. The maximum absolute atomic E-state index is 12.2. The average Bonchev–Trinajstić information content (AvgIpc) is 2.81. The summed E-state index contributed by atoms with van der Waals surface area (Å²) in [5.41, 5.74) is 1.84. The lowest BCUT2D eigenvalue weighted by Crippen LogP contribution is -2.47. The third-order valence-electron chi connectivity index (χ3n) is 4.19. The molecule has 0 aliphatic carbocycles. The van der Waals surface area contributed by atoms with E-state index in [2.05, 4.69) is 17.4 Å². The van der Waals surface area contributed by atoms with E-state index >= 15 is 0 Å². The Labute approximate surface area is 131 Å². The minimum absolute atomic E-state index is 0.0309. The Morgan fingerprint density at radius 2 is 2.18 bits per heavy atom. The number of amides is 1. The van der Waals surface area contributed by atoms with Gasteiger partial charge in [0.1, 0.15) is 17.5 Å². The maximum Gasteiger partial charge on any atom is 0.410 e. The molecule has 2 unspecified atom stereocenters. The van der Waals surface area contributed by atoms with Crippen LogP contribution >= 0.6 is 0 Å². The molecule has 0 aromatic heterocycles. The Bertz CT molecular complexity index is 580. The monoisotopic (exact) mass is 304 g/mol. The van der Waals surface area contributed by atoms with Crippen molar-refractivity contribution in [3.05, 3.63) is 23.8 Å². The highest BCUT2D eigenvalue weighted by atomic mass is 16.6. The first-order chi connectivity index (χ1) is 10.4. The third-order valence-corrected chi connectivity index (χ3v) is 4.19. The molecule has 1 aromatic rings. The summed E-state index contributed by atoms with van der Waals surface area (Å²) in [5.74, 6) is 1.31. The van der Waals surface area contributed by atoms with E-state index in [4.69, 9.17) is 9.47 Å². The fourth-order valence-corrected chi connectivity index (χ4v) is 3.15. The van der Waals surface area contributed by atoms with Gasteiger partial charge in [-0.1, -0.05) is 6.07 Å². The van der Waals surface area contributed by atoms with E-state index < -0.39 is 5.60 Å². The number of anilines is 1. The Morgan fingerprint density at radius 3 is 2.86 bits per heavy atom. The minimum Gasteiger partial charge on any atom is -0.488 e. The van der Waals surface area contributed by atoms with Gasteiger partial charge in [-0.2, -0.15) is 0 Å². The molecule has 1 aromatic carbocycles. The number of carbonyl (C=O) groups excluding carboxylic acids is 1. The van der Waals surface area contributed by atoms with Crippen molar-refractivity contribution in [2.45, 2.75) is 44.8 Å². The van der Waals surface area contributed by atoms with Crippen LogP contribution in [-0.2, 0) is 4.74 Å². The first-order valence-corrected chi connectivity index (χ1v) is 7.83. The van der Waals surface area contributed by atoms with Crippen molar-refractivity contribution < 1.29 is 14.3 Å². The fraction of sp³-hybridized carbons (Fsp3) is 0.588. The molecular formula is C17H24N2O3. The van der Waals surface area contributed by atoms with Crippen LogP contribution in [0.1, 0.15) is 38.7 Å². The van der Waals surface area contributed by atoms with Crippen LogP contribution < -0.4 is 10.1 Å². The van der Waals surface area contributed by atoms with Gasteiger partial charge in [-0.05, 0) is 33.3 Å². The summed E-state index contributed by atoms with van der Waals surface area (Å²) in [6, 6.07) is 6.24. The second-order valence-electron chi connectivity index (χ2n) is 6.98. The van der Waals surface area contributed by atoms with E-state index in [1.165, 1.54) is 5.56 Å². The van der Waals surface area contributed by atoms with E-state index in [-0.39, 0.29) is 12.2 Å². The zero-order valence-corrected chi connectivity index (χ0v) is 13.7. The first-order valence-electron chi connectivity index (χ1n) is 7.83. The first kappa shape index (κ1) is 15.0. The predicted octanol–water partition coefficient (Wildman–Crippen LogP) is 3.21. The molecule has 1 saturated heterocycles. The standard InChI is InChI=1S/C17H24N2O3/c1-17(2,3)22-16(20)19-8-7-13-12-6-5-11(18-4)9-14(12)21-15(13)10-19/h5-6,9,13,15,18H,7-8,10H2,1-4H3. The van der Waals surface area contributed by atoms with Gasteiger partial charge in [0.15, 0.2) is 0 Å². The Morgan fingerprint density at radius 1 is 1.41 bits per heavy atom. The number of carbonyl (C=O) groups is 1.